The van der Waals surface area contributed by atoms with Crippen molar-refractivity contribution in [3.8, 4) is 6.07 Å². The van der Waals surface area contributed by atoms with Gasteiger partial charge in [0.25, 0.3) is 5.56 Å². The molecule has 2 aromatic rings. The zero-order valence-corrected chi connectivity index (χ0v) is 9.47. The maximum atomic E-state index is 11.5. The van der Waals surface area contributed by atoms with Gasteiger partial charge in [0.2, 0.25) is 5.95 Å². The summed E-state index contributed by atoms with van der Waals surface area (Å²) in [4.78, 5) is 17.7. The van der Waals surface area contributed by atoms with Gasteiger partial charge in [-0.15, -0.1) is 0 Å². The smallest absolute Gasteiger partial charge is 0.272 e. The molecule has 0 aliphatic rings. The quantitative estimate of drug-likeness (QED) is 0.737. The van der Waals surface area contributed by atoms with Crippen molar-refractivity contribution in [3.05, 3.63) is 51.8 Å². The molecule has 1 aromatic carbocycles. The fraction of sp³-hybridized carbons (Fsp3) is 0.0833. The first-order valence-electron chi connectivity index (χ1n) is 5.28. The molecular formula is C12H11N5O. The van der Waals surface area contributed by atoms with Gasteiger partial charge in [0.1, 0.15) is 6.07 Å². The normalized spacial score (nSPS) is 9.72. The Kier molecular flexibility index (Phi) is 3.25. The molecule has 0 saturated carbocycles. The fourth-order valence-electron chi connectivity index (χ4n) is 1.50. The Labute approximate surface area is 103 Å². The molecule has 2 rings (SSSR count). The highest BCUT2D eigenvalue weighted by Gasteiger charge is 2.09. The van der Waals surface area contributed by atoms with Crippen LogP contribution in [0.2, 0.25) is 0 Å². The predicted molar refractivity (Wildman–Crippen MR) is 67.8 cm³/mol. The van der Waals surface area contributed by atoms with Gasteiger partial charge in [-0.1, -0.05) is 30.3 Å². The van der Waals surface area contributed by atoms with E-state index in [2.05, 4.69) is 15.3 Å². The maximum absolute atomic E-state index is 11.5. The Bertz CT molecular complexity index is 642. The topological polar surface area (TPSA) is 108 Å². The van der Waals surface area contributed by atoms with Crippen molar-refractivity contribution in [2.45, 2.75) is 6.54 Å². The lowest BCUT2D eigenvalue weighted by Crippen LogP contribution is -2.18. The van der Waals surface area contributed by atoms with E-state index in [1.165, 1.54) is 0 Å². The average molecular weight is 241 g/mol. The van der Waals surface area contributed by atoms with E-state index in [0.29, 0.717) is 6.54 Å². The number of nitrogens with two attached hydrogens (primary N) is 1. The third-order valence-electron chi connectivity index (χ3n) is 2.35. The van der Waals surface area contributed by atoms with Crippen LogP contribution in [0, 0.1) is 11.3 Å². The van der Waals surface area contributed by atoms with Crippen LogP contribution in [-0.2, 0) is 6.54 Å². The van der Waals surface area contributed by atoms with Gasteiger partial charge >= 0.3 is 0 Å². The molecule has 0 bridgehead atoms. The number of hydrogen-bond donors (Lipinski definition) is 3. The first-order valence-corrected chi connectivity index (χ1v) is 5.28. The molecule has 0 spiro atoms. The van der Waals surface area contributed by atoms with E-state index in [-0.39, 0.29) is 17.3 Å². The highest BCUT2D eigenvalue weighted by atomic mass is 16.1. The number of hydrogen-bond acceptors (Lipinski definition) is 5. The van der Waals surface area contributed by atoms with E-state index in [4.69, 9.17) is 11.0 Å². The molecule has 1 aromatic heterocycles. The largest absolute Gasteiger partial charge is 0.369 e. The lowest BCUT2D eigenvalue weighted by atomic mass is 10.2. The summed E-state index contributed by atoms with van der Waals surface area (Å²) in [6, 6.07) is 11.4. The van der Waals surface area contributed by atoms with Crippen molar-refractivity contribution >= 4 is 11.8 Å². The summed E-state index contributed by atoms with van der Waals surface area (Å²) in [5, 5.41) is 11.8. The van der Waals surface area contributed by atoms with Crippen LogP contribution < -0.4 is 16.6 Å². The molecule has 0 amide bonds. The number of rotatable bonds is 3. The minimum atomic E-state index is -0.541. The molecule has 0 aliphatic carbocycles. The van der Waals surface area contributed by atoms with E-state index >= 15 is 0 Å². The van der Waals surface area contributed by atoms with Gasteiger partial charge < -0.3 is 11.1 Å². The van der Waals surface area contributed by atoms with E-state index in [1.54, 1.807) is 6.07 Å². The van der Waals surface area contributed by atoms with Crippen molar-refractivity contribution in [1.29, 1.82) is 5.26 Å². The zero-order valence-electron chi connectivity index (χ0n) is 9.47. The molecule has 90 valence electrons. The lowest BCUT2D eigenvalue weighted by Gasteiger charge is -2.07. The van der Waals surface area contributed by atoms with E-state index < -0.39 is 5.56 Å². The number of aromatic amines is 1. The number of nitriles is 1. The van der Waals surface area contributed by atoms with Crippen LogP contribution in [-0.4, -0.2) is 9.97 Å². The molecule has 0 fully saturated rings. The summed E-state index contributed by atoms with van der Waals surface area (Å²) in [7, 11) is 0. The monoisotopic (exact) mass is 241 g/mol. The Morgan fingerprint density at radius 3 is 2.78 bits per heavy atom. The number of nitrogen functional groups attached to an aromatic ring is 1. The van der Waals surface area contributed by atoms with Crippen molar-refractivity contribution in [3.63, 3.8) is 0 Å². The van der Waals surface area contributed by atoms with E-state index in [0.717, 1.165) is 5.56 Å². The molecule has 0 radical (unpaired) electrons. The summed E-state index contributed by atoms with van der Waals surface area (Å²) >= 11 is 0. The Hall–Kier alpha value is -2.81. The van der Waals surface area contributed by atoms with Crippen molar-refractivity contribution < 1.29 is 0 Å². The maximum Gasteiger partial charge on any atom is 0.272 e. The second kappa shape index (κ2) is 5.01. The number of H-pyrrole nitrogens is 1. The fourth-order valence-corrected chi connectivity index (χ4v) is 1.50. The van der Waals surface area contributed by atoms with Gasteiger partial charge in [0, 0.05) is 6.54 Å². The number of aromatic nitrogens is 2. The predicted octanol–water partition coefficient (Wildman–Crippen LogP) is 0.836. The van der Waals surface area contributed by atoms with Crippen LogP contribution in [0.1, 0.15) is 11.1 Å². The van der Waals surface area contributed by atoms with Gasteiger partial charge in [0.05, 0.1) is 0 Å². The summed E-state index contributed by atoms with van der Waals surface area (Å²) in [6.45, 7) is 0.464. The standard InChI is InChI=1S/C12H11N5O/c13-6-9-10(16-12(14)17-11(9)18)15-7-8-4-2-1-3-5-8/h1-5H,7H2,(H4,14,15,16,17,18). The third kappa shape index (κ3) is 2.47. The summed E-state index contributed by atoms with van der Waals surface area (Å²) in [5.74, 6) is 0.178. The van der Waals surface area contributed by atoms with Gasteiger partial charge in [-0.3, -0.25) is 9.78 Å². The molecule has 0 aliphatic heterocycles. The van der Waals surface area contributed by atoms with E-state index in [9.17, 15) is 4.79 Å². The van der Waals surface area contributed by atoms with Crippen LogP contribution in [0.5, 0.6) is 0 Å². The first kappa shape index (κ1) is 11.7. The minimum Gasteiger partial charge on any atom is -0.369 e. The SMILES string of the molecule is N#Cc1c(NCc2ccccc2)nc(N)[nH]c1=O. The van der Waals surface area contributed by atoms with Crippen LogP contribution in [0.4, 0.5) is 11.8 Å². The van der Waals surface area contributed by atoms with Crippen LogP contribution in [0.15, 0.2) is 35.1 Å². The Balaban J connectivity index is 2.25. The van der Waals surface area contributed by atoms with Gasteiger partial charge in [-0.25, -0.2) is 0 Å². The zero-order chi connectivity index (χ0) is 13.0. The molecular weight excluding hydrogens is 230 g/mol. The highest BCUT2D eigenvalue weighted by molar-refractivity contribution is 5.52. The molecule has 6 heteroatoms. The second-order valence-electron chi connectivity index (χ2n) is 3.63. The molecule has 18 heavy (non-hydrogen) atoms. The van der Waals surface area contributed by atoms with Crippen molar-refractivity contribution in [2.24, 2.45) is 0 Å². The molecule has 4 N–H and O–H groups in total. The molecule has 0 atom stereocenters. The van der Waals surface area contributed by atoms with Crippen LogP contribution >= 0.6 is 0 Å². The van der Waals surface area contributed by atoms with Crippen LogP contribution in [0.3, 0.4) is 0 Å². The average Bonchev–Trinajstić information content (AvgIpc) is 2.37. The highest BCUT2D eigenvalue weighted by Crippen LogP contribution is 2.09. The number of anilines is 2. The lowest BCUT2D eigenvalue weighted by molar-refractivity contribution is 1.06. The summed E-state index contributed by atoms with van der Waals surface area (Å²) in [6.07, 6.45) is 0. The first-order chi connectivity index (χ1) is 8.70. The number of nitrogens with one attached hydrogen (secondary N) is 2. The van der Waals surface area contributed by atoms with E-state index in [1.807, 2.05) is 30.3 Å². The van der Waals surface area contributed by atoms with Crippen molar-refractivity contribution in [1.82, 2.24) is 9.97 Å². The molecule has 6 nitrogen and oxygen atoms in total. The van der Waals surface area contributed by atoms with Gasteiger partial charge in [-0.2, -0.15) is 10.2 Å². The third-order valence-corrected chi connectivity index (χ3v) is 2.35. The van der Waals surface area contributed by atoms with Crippen LogP contribution in [0.25, 0.3) is 0 Å². The Morgan fingerprint density at radius 1 is 1.39 bits per heavy atom. The Morgan fingerprint density at radius 2 is 2.11 bits per heavy atom. The van der Waals surface area contributed by atoms with Gasteiger partial charge in [-0.05, 0) is 5.56 Å². The number of benzene rings is 1. The molecule has 0 saturated heterocycles. The minimum absolute atomic E-state index is 0.0189. The summed E-state index contributed by atoms with van der Waals surface area (Å²) in [5.41, 5.74) is 5.84. The summed E-state index contributed by atoms with van der Waals surface area (Å²) < 4.78 is 0. The molecule has 0 unspecified atom stereocenters. The van der Waals surface area contributed by atoms with Crippen molar-refractivity contribution in [2.75, 3.05) is 11.1 Å². The number of nitrogens with zero attached hydrogens (tertiary/aromatic N) is 2. The van der Waals surface area contributed by atoms with Gasteiger partial charge in [0.15, 0.2) is 11.4 Å². The molecule has 1 heterocycles. The second-order valence-corrected chi connectivity index (χ2v) is 3.63.